The molecule has 2 heterocycles. The Hall–Kier alpha value is -2.30. The summed E-state index contributed by atoms with van der Waals surface area (Å²) in [5, 5.41) is 6.20. The third kappa shape index (κ3) is 3.42. The van der Waals surface area contributed by atoms with Gasteiger partial charge in [-0.05, 0) is 51.0 Å². The Bertz CT molecular complexity index is 629. The predicted octanol–water partition coefficient (Wildman–Crippen LogP) is 3.05. The minimum atomic E-state index is -0.171. The van der Waals surface area contributed by atoms with Crippen molar-refractivity contribution in [1.82, 2.24) is 10.3 Å². The van der Waals surface area contributed by atoms with E-state index < -0.39 is 0 Å². The summed E-state index contributed by atoms with van der Waals surface area (Å²) in [6, 6.07) is 7.77. The number of aryl methyl sites for hydroxylation is 1. The number of hydrogen-bond donors (Lipinski definition) is 2. The Balaban J connectivity index is 1.61. The lowest BCUT2D eigenvalue weighted by Gasteiger charge is -2.11. The number of amides is 1. The smallest absolute Gasteiger partial charge is 0.253 e. The number of rotatable bonds is 5. The summed E-state index contributed by atoms with van der Waals surface area (Å²) in [7, 11) is 0. The summed E-state index contributed by atoms with van der Waals surface area (Å²) in [4.78, 5) is 16.4. The van der Waals surface area contributed by atoms with E-state index in [1.54, 1.807) is 12.3 Å². The number of furan rings is 1. The summed E-state index contributed by atoms with van der Waals surface area (Å²) in [6.07, 6.45) is 3.99. The Morgan fingerprint density at radius 3 is 2.71 bits per heavy atom. The molecule has 1 aliphatic carbocycles. The Kier molecular flexibility index (Phi) is 3.64. The highest BCUT2D eigenvalue weighted by Crippen LogP contribution is 2.23. The molecule has 5 heteroatoms. The minimum absolute atomic E-state index is 0.151. The van der Waals surface area contributed by atoms with E-state index in [-0.39, 0.29) is 11.9 Å². The molecule has 3 rings (SSSR count). The van der Waals surface area contributed by atoms with Crippen molar-refractivity contribution in [2.45, 2.75) is 38.8 Å². The molecule has 110 valence electrons. The summed E-state index contributed by atoms with van der Waals surface area (Å²) < 4.78 is 5.51. The van der Waals surface area contributed by atoms with Gasteiger partial charge in [-0.1, -0.05) is 0 Å². The highest BCUT2D eigenvalue weighted by atomic mass is 16.3. The Labute approximate surface area is 123 Å². The van der Waals surface area contributed by atoms with E-state index in [1.807, 2.05) is 32.0 Å². The SMILES string of the molecule is Cc1ccc(C(C)NC(=O)c2ccc(NC3CC3)nc2)o1. The van der Waals surface area contributed by atoms with Gasteiger partial charge in [0.1, 0.15) is 17.3 Å². The van der Waals surface area contributed by atoms with Gasteiger partial charge in [0.05, 0.1) is 11.6 Å². The number of nitrogens with one attached hydrogen (secondary N) is 2. The number of anilines is 1. The zero-order valence-corrected chi connectivity index (χ0v) is 12.2. The molecule has 0 aromatic carbocycles. The molecule has 1 saturated carbocycles. The first kappa shape index (κ1) is 13.7. The van der Waals surface area contributed by atoms with Gasteiger partial charge in [-0.25, -0.2) is 4.98 Å². The second-order valence-electron chi connectivity index (χ2n) is 5.49. The minimum Gasteiger partial charge on any atom is -0.464 e. The second-order valence-corrected chi connectivity index (χ2v) is 5.49. The van der Waals surface area contributed by atoms with Gasteiger partial charge in [0.2, 0.25) is 0 Å². The normalized spacial score (nSPS) is 15.5. The monoisotopic (exact) mass is 285 g/mol. The maximum Gasteiger partial charge on any atom is 0.253 e. The molecule has 0 bridgehead atoms. The first-order chi connectivity index (χ1) is 10.1. The highest BCUT2D eigenvalue weighted by Gasteiger charge is 2.21. The van der Waals surface area contributed by atoms with Crippen LogP contribution in [0.15, 0.2) is 34.9 Å². The van der Waals surface area contributed by atoms with Crippen LogP contribution in [0.2, 0.25) is 0 Å². The van der Waals surface area contributed by atoms with Gasteiger partial charge in [0, 0.05) is 12.2 Å². The fourth-order valence-corrected chi connectivity index (χ4v) is 2.09. The van der Waals surface area contributed by atoms with E-state index in [1.165, 1.54) is 12.8 Å². The molecule has 21 heavy (non-hydrogen) atoms. The van der Waals surface area contributed by atoms with Crippen molar-refractivity contribution in [2.75, 3.05) is 5.32 Å². The molecule has 2 aromatic heterocycles. The van der Waals surface area contributed by atoms with Crippen LogP contribution in [0.4, 0.5) is 5.82 Å². The molecule has 2 N–H and O–H groups in total. The second kappa shape index (κ2) is 5.60. The molecule has 0 spiro atoms. The standard InChI is InChI=1S/C16H19N3O2/c1-10-3-7-14(21-10)11(2)18-16(20)12-4-8-15(17-9-12)19-13-5-6-13/h3-4,7-9,11,13H,5-6H2,1-2H3,(H,17,19)(H,18,20). The zero-order valence-electron chi connectivity index (χ0n) is 12.2. The highest BCUT2D eigenvalue weighted by molar-refractivity contribution is 5.94. The zero-order chi connectivity index (χ0) is 14.8. The summed E-state index contributed by atoms with van der Waals surface area (Å²) >= 11 is 0. The Morgan fingerprint density at radius 1 is 1.33 bits per heavy atom. The molecule has 0 radical (unpaired) electrons. The van der Waals surface area contributed by atoms with Crippen LogP contribution in [0, 0.1) is 6.92 Å². The van der Waals surface area contributed by atoms with Crippen LogP contribution in [-0.4, -0.2) is 16.9 Å². The number of carbonyl (C=O) groups is 1. The van der Waals surface area contributed by atoms with Crippen LogP contribution in [0.3, 0.4) is 0 Å². The first-order valence-corrected chi connectivity index (χ1v) is 7.21. The maximum atomic E-state index is 12.2. The van der Waals surface area contributed by atoms with E-state index in [9.17, 15) is 4.79 Å². The number of hydrogen-bond acceptors (Lipinski definition) is 4. The van der Waals surface area contributed by atoms with Crippen LogP contribution in [0.25, 0.3) is 0 Å². The molecular weight excluding hydrogens is 266 g/mol. The predicted molar refractivity (Wildman–Crippen MR) is 80.2 cm³/mol. The van der Waals surface area contributed by atoms with Gasteiger partial charge in [0.25, 0.3) is 5.91 Å². The Morgan fingerprint density at radius 2 is 2.14 bits per heavy atom. The average Bonchev–Trinajstić information content (AvgIpc) is 3.17. The van der Waals surface area contributed by atoms with Crippen molar-refractivity contribution in [3.05, 3.63) is 47.5 Å². The fourth-order valence-electron chi connectivity index (χ4n) is 2.09. The summed E-state index contributed by atoms with van der Waals surface area (Å²) in [6.45, 7) is 3.78. The maximum absolute atomic E-state index is 12.2. The van der Waals surface area contributed by atoms with Crippen molar-refractivity contribution >= 4 is 11.7 Å². The number of carbonyl (C=O) groups excluding carboxylic acids is 1. The summed E-state index contributed by atoms with van der Waals surface area (Å²) in [5.41, 5.74) is 0.548. The lowest BCUT2D eigenvalue weighted by molar-refractivity contribution is 0.0935. The van der Waals surface area contributed by atoms with Crippen molar-refractivity contribution in [2.24, 2.45) is 0 Å². The number of nitrogens with zero attached hydrogens (tertiary/aromatic N) is 1. The molecule has 0 saturated heterocycles. The molecule has 2 aromatic rings. The van der Waals surface area contributed by atoms with Crippen LogP contribution < -0.4 is 10.6 Å². The van der Waals surface area contributed by atoms with Gasteiger partial charge in [0.15, 0.2) is 0 Å². The molecule has 1 fully saturated rings. The van der Waals surface area contributed by atoms with Crippen LogP contribution in [-0.2, 0) is 0 Å². The van der Waals surface area contributed by atoms with E-state index >= 15 is 0 Å². The van der Waals surface area contributed by atoms with E-state index in [4.69, 9.17) is 4.42 Å². The summed E-state index contributed by atoms with van der Waals surface area (Å²) in [5.74, 6) is 2.26. The van der Waals surface area contributed by atoms with Crippen LogP contribution in [0.1, 0.15) is 47.7 Å². The molecule has 5 nitrogen and oxygen atoms in total. The topological polar surface area (TPSA) is 67.2 Å². The third-order valence-electron chi connectivity index (χ3n) is 3.49. The van der Waals surface area contributed by atoms with Gasteiger partial charge in [-0.2, -0.15) is 0 Å². The molecule has 1 unspecified atom stereocenters. The van der Waals surface area contributed by atoms with Gasteiger partial charge in [-0.15, -0.1) is 0 Å². The molecule has 1 aliphatic rings. The molecule has 1 atom stereocenters. The van der Waals surface area contributed by atoms with Crippen LogP contribution in [0.5, 0.6) is 0 Å². The van der Waals surface area contributed by atoms with E-state index in [2.05, 4.69) is 15.6 Å². The van der Waals surface area contributed by atoms with Gasteiger partial charge >= 0.3 is 0 Å². The largest absolute Gasteiger partial charge is 0.464 e. The van der Waals surface area contributed by atoms with Gasteiger partial charge in [-0.3, -0.25) is 4.79 Å². The molecule has 1 amide bonds. The number of pyridine rings is 1. The molecule has 0 aliphatic heterocycles. The first-order valence-electron chi connectivity index (χ1n) is 7.21. The quantitative estimate of drug-likeness (QED) is 0.886. The lowest BCUT2D eigenvalue weighted by Crippen LogP contribution is -2.26. The van der Waals surface area contributed by atoms with Crippen molar-refractivity contribution < 1.29 is 9.21 Å². The third-order valence-corrected chi connectivity index (χ3v) is 3.49. The van der Waals surface area contributed by atoms with Gasteiger partial charge < -0.3 is 15.1 Å². The molecular formula is C16H19N3O2. The van der Waals surface area contributed by atoms with E-state index in [0.29, 0.717) is 11.6 Å². The van der Waals surface area contributed by atoms with Crippen molar-refractivity contribution in [3.8, 4) is 0 Å². The number of aromatic nitrogens is 1. The lowest BCUT2D eigenvalue weighted by atomic mass is 10.2. The van der Waals surface area contributed by atoms with Crippen molar-refractivity contribution in [1.29, 1.82) is 0 Å². The van der Waals surface area contributed by atoms with Crippen LogP contribution >= 0.6 is 0 Å². The van der Waals surface area contributed by atoms with Crippen molar-refractivity contribution in [3.63, 3.8) is 0 Å². The fraction of sp³-hybridized carbons (Fsp3) is 0.375. The van der Waals surface area contributed by atoms with E-state index in [0.717, 1.165) is 17.3 Å². The average molecular weight is 285 g/mol.